The molecule has 0 unspecified atom stereocenters. The fourth-order valence-corrected chi connectivity index (χ4v) is 1.34. The van der Waals surface area contributed by atoms with E-state index in [0.29, 0.717) is 23.8 Å². The number of aliphatic hydroxyl groups excluding tert-OH is 1. The molecule has 0 bridgehead atoms. The van der Waals surface area contributed by atoms with Gasteiger partial charge < -0.3 is 25.1 Å². The van der Waals surface area contributed by atoms with Crippen LogP contribution in [-0.4, -0.2) is 32.5 Å². The lowest BCUT2D eigenvalue weighted by Gasteiger charge is -2.15. The number of aliphatic hydroxyl groups is 1. The van der Waals surface area contributed by atoms with E-state index < -0.39 is 0 Å². The molecule has 1 aromatic carbocycles. The van der Waals surface area contributed by atoms with Gasteiger partial charge in [0.05, 0.1) is 20.8 Å². The molecule has 0 amide bonds. The van der Waals surface area contributed by atoms with Crippen LogP contribution in [0.1, 0.15) is 5.56 Å². The molecule has 0 heterocycles. The lowest BCUT2D eigenvalue weighted by Crippen LogP contribution is -2.06. The standard InChI is InChI=1S/C11H17NO4/c1-14-9-5-8(7-12)6-10(15-2)11(9)16-4-3-13/h5-6,13H,3-4,7,12H2,1-2H3. The van der Waals surface area contributed by atoms with Crippen molar-refractivity contribution in [2.75, 3.05) is 27.4 Å². The Kier molecular flexibility index (Phi) is 4.88. The third-order valence-corrected chi connectivity index (χ3v) is 2.09. The Bertz CT molecular complexity index is 316. The van der Waals surface area contributed by atoms with E-state index in [4.69, 9.17) is 25.1 Å². The fraction of sp³-hybridized carbons (Fsp3) is 0.455. The van der Waals surface area contributed by atoms with E-state index in [-0.39, 0.29) is 13.2 Å². The molecule has 0 saturated carbocycles. The summed E-state index contributed by atoms with van der Waals surface area (Å²) in [6.07, 6.45) is 0. The molecule has 16 heavy (non-hydrogen) atoms. The van der Waals surface area contributed by atoms with E-state index >= 15 is 0 Å². The average molecular weight is 227 g/mol. The van der Waals surface area contributed by atoms with Crippen molar-refractivity contribution in [2.45, 2.75) is 6.54 Å². The zero-order chi connectivity index (χ0) is 12.0. The predicted octanol–water partition coefficient (Wildman–Crippen LogP) is 0.534. The average Bonchev–Trinajstić information content (AvgIpc) is 2.35. The van der Waals surface area contributed by atoms with Gasteiger partial charge in [-0.15, -0.1) is 0 Å². The molecule has 0 saturated heterocycles. The summed E-state index contributed by atoms with van der Waals surface area (Å²) in [6.45, 7) is 0.520. The molecule has 0 spiro atoms. The molecule has 0 aliphatic rings. The first kappa shape index (κ1) is 12.6. The van der Waals surface area contributed by atoms with Crippen LogP contribution in [0.25, 0.3) is 0 Å². The molecule has 0 radical (unpaired) electrons. The summed E-state index contributed by atoms with van der Waals surface area (Å²) in [5.41, 5.74) is 6.45. The fourth-order valence-electron chi connectivity index (χ4n) is 1.34. The third-order valence-electron chi connectivity index (χ3n) is 2.09. The van der Waals surface area contributed by atoms with Gasteiger partial charge >= 0.3 is 0 Å². The quantitative estimate of drug-likeness (QED) is 0.741. The summed E-state index contributed by atoms with van der Waals surface area (Å²) in [4.78, 5) is 0. The number of hydrogen-bond donors (Lipinski definition) is 2. The number of ether oxygens (including phenoxy) is 3. The van der Waals surface area contributed by atoms with Crippen molar-refractivity contribution in [1.82, 2.24) is 0 Å². The Morgan fingerprint density at radius 2 is 1.75 bits per heavy atom. The Balaban J connectivity index is 3.09. The van der Waals surface area contributed by atoms with Crippen molar-refractivity contribution in [3.05, 3.63) is 17.7 Å². The smallest absolute Gasteiger partial charge is 0.203 e. The summed E-state index contributed by atoms with van der Waals surface area (Å²) in [6, 6.07) is 3.57. The van der Waals surface area contributed by atoms with E-state index in [9.17, 15) is 0 Å². The van der Waals surface area contributed by atoms with Gasteiger partial charge in [0, 0.05) is 6.54 Å². The molecule has 5 nitrogen and oxygen atoms in total. The highest BCUT2D eigenvalue weighted by Crippen LogP contribution is 2.38. The van der Waals surface area contributed by atoms with Gasteiger partial charge in [-0.05, 0) is 17.7 Å². The van der Waals surface area contributed by atoms with Crippen LogP contribution in [0.15, 0.2) is 12.1 Å². The first-order valence-corrected chi connectivity index (χ1v) is 4.95. The Morgan fingerprint density at radius 3 is 2.12 bits per heavy atom. The van der Waals surface area contributed by atoms with Gasteiger partial charge in [-0.2, -0.15) is 0 Å². The number of rotatable bonds is 6. The van der Waals surface area contributed by atoms with Crippen molar-refractivity contribution >= 4 is 0 Å². The maximum Gasteiger partial charge on any atom is 0.203 e. The molecule has 1 aromatic rings. The van der Waals surface area contributed by atoms with Gasteiger partial charge in [0.1, 0.15) is 6.61 Å². The summed E-state index contributed by atoms with van der Waals surface area (Å²) in [5, 5.41) is 8.73. The van der Waals surface area contributed by atoms with E-state index in [1.54, 1.807) is 26.4 Å². The second-order valence-electron chi connectivity index (χ2n) is 3.11. The molecule has 3 N–H and O–H groups in total. The van der Waals surface area contributed by atoms with Crippen LogP contribution in [0.3, 0.4) is 0 Å². The molecule has 5 heteroatoms. The summed E-state index contributed by atoms with van der Waals surface area (Å²) >= 11 is 0. The van der Waals surface area contributed by atoms with Crippen molar-refractivity contribution in [3.63, 3.8) is 0 Å². The topological polar surface area (TPSA) is 73.9 Å². The van der Waals surface area contributed by atoms with Crippen LogP contribution in [0.4, 0.5) is 0 Å². The SMILES string of the molecule is COc1cc(CN)cc(OC)c1OCCO. The number of hydrogen-bond acceptors (Lipinski definition) is 5. The molecular formula is C11H17NO4. The third kappa shape index (κ3) is 2.77. The molecule has 0 aromatic heterocycles. The zero-order valence-electron chi connectivity index (χ0n) is 9.53. The highest BCUT2D eigenvalue weighted by molar-refractivity contribution is 5.53. The Labute approximate surface area is 94.7 Å². The van der Waals surface area contributed by atoms with Gasteiger partial charge in [-0.3, -0.25) is 0 Å². The minimum Gasteiger partial charge on any atom is -0.493 e. The molecule has 0 fully saturated rings. The number of nitrogens with two attached hydrogens (primary N) is 1. The first-order valence-electron chi connectivity index (χ1n) is 4.95. The normalized spacial score (nSPS) is 10.0. The van der Waals surface area contributed by atoms with Crippen LogP contribution in [0, 0.1) is 0 Å². The lowest BCUT2D eigenvalue weighted by atomic mass is 10.2. The van der Waals surface area contributed by atoms with Crippen molar-refractivity contribution in [3.8, 4) is 17.2 Å². The van der Waals surface area contributed by atoms with E-state index in [1.165, 1.54) is 0 Å². The van der Waals surface area contributed by atoms with E-state index in [2.05, 4.69) is 0 Å². The van der Waals surface area contributed by atoms with Gasteiger partial charge in [-0.1, -0.05) is 0 Å². The van der Waals surface area contributed by atoms with Gasteiger partial charge in [0.15, 0.2) is 11.5 Å². The molecule has 0 aliphatic heterocycles. The van der Waals surface area contributed by atoms with Gasteiger partial charge in [0.2, 0.25) is 5.75 Å². The molecule has 1 rings (SSSR count). The Morgan fingerprint density at radius 1 is 1.19 bits per heavy atom. The summed E-state index contributed by atoms with van der Waals surface area (Å²) in [7, 11) is 3.09. The number of methoxy groups -OCH3 is 2. The second-order valence-corrected chi connectivity index (χ2v) is 3.11. The zero-order valence-corrected chi connectivity index (χ0v) is 9.53. The first-order chi connectivity index (χ1) is 7.76. The van der Waals surface area contributed by atoms with E-state index in [0.717, 1.165) is 5.56 Å². The molecule has 0 aliphatic carbocycles. The van der Waals surface area contributed by atoms with Crippen LogP contribution in [0.2, 0.25) is 0 Å². The second kappa shape index (κ2) is 6.19. The van der Waals surface area contributed by atoms with E-state index in [1.807, 2.05) is 0 Å². The largest absolute Gasteiger partial charge is 0.493 e. The van der Waals surface area contributed by atoms with Crippen molar-refractivity contribution in [2.24, 2.45) is 5.73 Å². The molecular weight excluding hydrogens is 210 g/mol. The molecule has 90 valence electrons. The highest BCUT2D eigenvalue weighted by atomic mass is 16.5. The van der Waals surface area contributed by atoms with Crippen LogP contribution >= 0.6 is 0 Å². The maximum atomic E-state index is 8.73. The summed E-state index contributed by atoms with van der Waals surface area (Å²) < 4.78 is 15.7. The summed E-state index contributed by atoms with van der Waals surface area (Å²) in [5.74, 6) is 1.58. The Hall–Kier alpha value is -1.46. The van der Waals surface area contributed by atoms with Gasteiger partial charge in [-0.25, -0.2) is 0 Å². The van der Waals surface area contributed by atoms with Crippen molar-refractivity contribution < 1.29 is 19.3 Å². The van der Waals surface area contributed by atoms with Crippen LogP contribution < -0.4 is 19.9 Å². The van der Waals surface area contributed by atoms with Crippen molar-refractivity contribution in [1.29, 1.82) is 0 Å². The lowest BCUT2D eigenvalue weighted by molar-refractivity contribution is 0.191. The minimum atomic E-state index is -0.0645. The predicted molar refractivity (Wildman–Crippen MR) is 60.0 cm³/mol. The van der Waals surface area contributed by atoms with Gasteiger partial charge in [0.25, 0.3) is 0 Å². The monoisotopic (exact) mass is 227 g/mol. The minimum absolute atomic E-state index is 0.0645. The molecule has 0 atom stereocenters. The van der Waals surface area contributed by atoms with Crippen LogP contribution in [-0.2, 0) is 6.54 Å². The number of benzene rings is 1. The maximum absolute atomic E-state index is 8.73. The van der Waals surface area contributed by atoms with Crippen LogP contribution in [0.5, 0.6) is 17.2 Å². The highest BCUT2D eigenvalue weighted by Gasteiger charge is 2.13.